The van der Waals surface area contributed by atoms with Crippen molar-refractivity contribution in [2.75, 3.05) is 11.4 Å². The lowest BCUT2D eigenvalue weighted by molar-refractivity contribution is -0.118. The Balaban J connectivity index is 2.32. The third kappa shape index (κ3) is 2.14. The molecule has 0 N–H and O–H groups in total. The fraction of sp³-hybridized carbons (Fsp3) is 0.462. The zero-order chi connectivity index (χ0) is 11.7. The highest BCUT2D eigenvalue weighted by Crippen LogP contribution is 2.27. The van der Waals surface area contributed by atoms with Crippen LogP contribution in [0.4, 0.5) is 5.69 Å². The number of carbonyl (C=O) groups excluding carboxylic acids is 1. The minimum atomic E-state index is -0.0121. The summed E-state index contributed by atoms with van der Waals surface area (Å²) in [4.78, 5) is 13.9. The Morgan fingerprint density at radius 2 is 2.12 bits per heavy atom. The maximum Gasteiger partial charge on any atom is 0.240 e. The molecule has 0 aliphatic carbocycles. The van der Waals surface area contributed by atoms with E-state index in [2.05, 4.69) is 41.9 Å². The number of carbonyl (C=O) groups is 1. The lowest BCUT2D eigenvalue weighted by Gasteiger charge is -2.31. The number of halogens is 1. The fourth-order valence-electron chi connectivity index (χ4n) is 2.18. The van der Waals surface area contributed by atoms with Gasteiger partial charge in [0.05, 0.1) is 4.83 Å². The van der Waals surface area contributed by atoms with Gasteiger partial charge in [-0.25, -0.2) is 0 Å². The van der Waals surface area contributed by atoms with Crippen LogP contribution in [0.3, 0.4) is 0 Å². The SMILES string of the molecule is Cc1ccc(N2CCCC(Br)C2=O)c(C)c1. The highest BCUT2D eigenvalue weighted by atomic mass is 79.9. The van der Waals surface area contributed by atoms with Gasteiger partial charge in [0.2, 0.25) is 5.91 Å². The maximum absolute atomic E-state index is 12.0. The molecule has 2 nitrogen and oxygen atoms in total. The second-order valence-electron chi connectivity index (χ2n) is 4.39. The zero-order valence-electron chi connectivity index (χ0n) is 9.66. The van der Waals surface area contributed by atoms with Crippen molar-refractivity contribution in [3.05, 3.63) is 29.3 Å². The standard InChI is InChI=1S/C13H16BrNO/c1-9-5-6-12(10(2)8-9)15-7-3-4-11(14)13(15)16/h5-6,8,11H,3-4,7H2,1-2H3. The number of hydrogen-bond donors (Lipinski definition) is 0. The van der Waals surface area contributed by atoms with Crippen molar-refractivity contribution >= 4 is 27.5 Å². The average Bonchev–Trinajstić information content (AvgIpc) is 2.23. The zero-order valence-corrected chi connectivity index (χ0v) is 11.3. The number of aryl methyl sites for hydroxylation is 2. The van der Waals surface area contributed by atoms with Crippen LogP contribution in [0.1, 0.15) is 24.0 Å². The normalized spacial score (nSPS) is 21.3. The first-order valence-corrected chi connectivity index (χ1v) is 6.54. The van der Waals surface area contributed by atoms with Gasteiger partial charge < -0.3 is 4.90 Å². The summed E-state index contributed by atoms with van der Waals surface area (Å²) in [5.41, 5.74) is 3.47. The van der Waals surface area contributed by atoms with E-state index in [0.717, 1.165) is 25.1 Å². The van der Waals surface area contributed by atoms with Crippen molar-refractivity contribution < 1.29 is 4.79 Å². The molecule has 0 bridgehead atoms. The van der Waals surface area contributed by atoms with E-state index < -0.39 is 0 Å². The maximum atomic E-state index is 12.0. The van der Waals surface area contributed by atoms with Crippen LogP contribution >= 0.6 is 15.9 Å². The molecule has 86 valence electrons. The molecule has 3 heteroatoms. The van der Waals surface area contributed by atoms with Crippen molar-refractivity contribution in [1.29, 1.82) is 0 Å². The molecule has 0 saturated carbocycles. The molecule has 1 aromatic rings. The largest absolute Gasteiger partial charge is 0.311 e. The molecule has 1 aliphatic rings. The third-order valence-corrected chi connectivity index (χ3v) is 3.87. The Kier molecular flexibility index (Phi) is 3.33. The molecule has 1 unspecified atom stereocenters. The molecule has 1 fully saturated rings. The van der Waals surface area contributed by atoms with Crippen molar-refractivity contribution in [1.82, 2.24) is 0 Å². The van der Waals surface area contributed by atoms with E-state index in [4.69, 9.17) is 0 Å². The van der Waals surface area contributed by atoms with Gasteiger partial charge in [0.15, 0.2) is 0 Å². The van der Waals surface area contributed by atoms with E-state index in [1.165, 1.54) is 11.1 Å². The predicted octanol–water partition coefficient (Wildman–Crippen LogP) is 3.19. The number of hydrogen-bond acceptors (Lipinski definition) is 1. The van der Waals surface area contributed by atoms with Crippen LogP contribution in [0.5, 0.6) is 0 Å². The molecular formula is C13H16BrNO. The number of piperidine rings is 1. The van der Waals surface area contributed by atoms with Gasteiger partial charge in [0.1, 0.15) is 0 Å². The second kappa shape index (κ2) is 4.58. The number of rotatable bonds is 1. The van der Waals surface area contributed by atoms with Crippen LogP contribution in [0.2, 0.25) is 0 Å². The molecule has 1 saturated heterocycles. The molecule has 0 spiro atoms. The Morgan fingerprint density at radius 3 is 2.81 bits per heavy atom. The number of benzene rings is 1. The second-order valence-corrected chi connectivity index (χ2v) is 5.49. The highest BCUT2D eigenvalue weighted by molar-refractivity contribution is 9.10. The summed E-state index contributed by atoms with van der Waals surface area (Å²) in [5.74, 6) is 0.193. The van der Waals surface area contributed by atoms with E-state index >= 15 is 0 Å². The Morgan fingerprint density at radius 1 is 1.38 bits per heavy atom. The van der Waals surface area contributed by atoms with Gasteiger partial charge in [0, 0.05) is 12.2 Å². The van der Waals surface area contributed by atoms with E-state index in [1.807, 2.05) is 11.0 Å². The molecule has 2 rings (SSSR count). The lowest BCUT2D eigenvalue weighted by atomic mass is 10.1. The van der Waals surface area contributed by atoms with Crippen molar-refractivity contribution in [3.63, 3.8) is 0 Å². The molecule has 0 radical (unpaired) electrons. The summed E-state index contributed by atoms with van der Waals surface area (Å²) in [7, 11) is 0. The Hall–Kier alpha value is -0.830. The first-order chi connectivity index (χ1) is 7.59. The first kappa shape index (κ1) is 11.6. The molecule has 1 aliphatic heterocycles. The van der Waals surface area contributed by atoms with Crippen LogP contribution < -0.4 is 4.90 Å². The highest BCUT2D eigenvalue weighted by Gasteiger charge is 2.28. The van der Waals surface area contributed by atoms with Gasteiger partial charge in [-0.05, 0) is 38.3 Å². The van der Waals surface area contributed by atoms with Gasteiger partial charge in [-0.3, -0.25) is 4.79 Å². The monoisotopic (exact) mass is 281 g/mol. The van der Waals surface area contributed by atoms with Crippen LogP contribution in [-0.2, 0) is 4.79 Å². The Bertz CT molecular complexity index is 416. The molecule has 16 heavy (non-hydrogen) atoms. The van der Waals surface area contributed by atoms with Crippen LogP contribution in [-0.4, -0.2) is 17.3 Å². The lowest BCUT2D eigenvalue weighted by Crippen LogP contribution is -2.42. The summed E-state index contributed by atoms with van der Waals surface area (Å²) in [5, 5.41) is 0. The van der Waals surface area contributed by atoms with E-state index in [1.54, 1.807) is 0 Å². The van der Waals surface area contributed by atoms with Crippen LogP contribution in [0, 0.1) is 13.8 Å². The summed E-state index contributed by atoms with van der Waals surface area (Å²) in [6.07, 6.45) is 2.01. The van der Waals surface area contributed by atoms with Crippen molar-refractivity contribution in [3.8, 4) is 0 Å². The summed E-state index contributed by atoms with van der Waals surface area (Å²) >= 11 is 3.44. The summed E-state index contributed by atoms with van der Waals surface area (Å²) in [6, 6.07) is 6.24. The molecule has 1 amide bonds. The average molecular weight is 282 g/mol. The van der Waals surface area contributed by atoms with Crippen LogP contribution in [0.25, 0.3) is 0 Å². The minimum Gasteiger partial charge on any atom is -0.311 e. The van der Waals surface area contributed by atoms with Crippen molar-refractivity contribution in [2.24, 2.45) is 0 Å². The van der Waals surface area contributed by atoms with Gasteiger partial charge >= 0.3 is 0 Å². The molecule has 1 atom stereocenters. The third-order valence-electron chi connectivity index (χ3n) is 3.02. The van der Waals surface area contributed by atoms with Crippen molar-refractivity contribution in [2.45, 2.75) is 31.5 Å². The number of anilines is 1. The van der Waals surface area contributed by atoms with Gasteiger partial charge in [0.25, 0.3) is 0 Å². The smallest absolute Gasteiger partial charge is 0.240 e. The molecule has 1 heterocycles. The Labute approximate surface area is 105 Å². The topological polar surface area (TPSA) is 20.3 Å². The number of alkyl halides is 1. The molecule has 1 aromatic carbocycles. The van der Waals surface area contributed by atoms with Gasteiger partial charge in [-0.2, -0.15) is 0 Å². The van der Waals surface area contributed by atoms with Gasteiger partial charge in [-0.1, -0.05) is 33.6 Å². The molecule has 0 aromatic heterocycles. The van der Waals surface area contributed by atoms with Crippen LogP contribution in [0.15, 0.2) is 18.2 Å². The van der Waals surface area contributed by atoms with Gasteiger partial charge in [-0.15, -0.1) is 0 Å². The number of amides is 1. The summed E-state index contributed by atoms with van der Waals surface area (Å²) < 4.78 is 0. The summed E-state index contributed by atoms with van der Waals surface area (Å²) in [6.45, 7) is 4.97. The minimum absolute atomic E-state index is 0.0121. The van der Waals surface area contributed by atoms with E-state index in [-0.39, 0.29) is 10.7 Å². The van der Waals surface area contributed by atoms with E-state index in [9.17, 15) is 4.79 Å². The first-order valence-electron chi connectivity index (χ1n) is 5.62. The van der Waals surface area contributed by atoms with E-state index in [0.29, 0.717) is 0 Å². The predicted molar refractivity (Wildman–Crippen MR) is 70.2 cm³/mol. The number of nitrogens with zero attached hydrogens (tertiary/aromatic N) is 1. The quantitative estimate of drug-likeness (QED) is 0.724. The molecular weight excluding hydrogens is 266 g/mol. The fourth-order valence-corrected chi connectivity index (χ4v) is 2.75.